The Balaban J connectivity index is 2.02. The Labute approximate surface area is 110 Å². The maximum Gasteiger partial charge on any atom is 0.115 e. The molecule has 1 aliphatic carbocycles. The number of rotatable bonds is 5. The molecule has 3 nitrogen and oxygen atoms in total. The molecule has 0 aromatic carbocycles. The predicted octanol–water partition coefficient (Wildman–Crippen LogP) is 3.00. The van der Waals surface area contributed by atoms with E-state index in [4.69, 9.17) is 0 Å². The van der Waals surface area contributed by atoms with Gasteiger partial charge in [-0.1, -0.05) is 20.3 Å². The van der Waals surface area contributed by atoms with Crippen LogP contribution in [0.15, 0.2) is 18.7 Å². The van der Waals surface area contributed by atoms with Crippen molar-refractivity contribution >= 4 is 0 Å². The lowest BCUT2D eigenvalue weighted by molar-refractivity contribution is 0.241. The molecule has 0 amide bonds. The molecule has 1 aliphatic rings. The van der Waals surface area contributed by atoms with Gasteiger partial charge in [-0.05, 0) is 55.7 Å². The molecule has 0 aliphatic heterocycles. The molecule has 0 bridgehead atoms. The van der Waals surface area contributed by atoms with Crippen LogP contribution in [0.2, 0.25) is 0 Å². The maximum atomic E-state index is 4.18. The van der Waals surface area contributed by atoms with Gasteiger partial charge in [-0.15, -0.1) is 0 Å². The molecule has 18 heavy (non-hydrogen) atoms. The zero-order chi connectivity index (χ0) is 12.8. The van der Waals surface area contributed by atoms with Crippen LogP contribution < -0.4 is 5.32 Å². The molecule has 1 heterocycles. The van der Waals surface area contributed by atoms with Crippen LogP contribution in [0, 0.1) is 11.8 Å². The van der Waals surface area contributed by atoms with Gasteiger partial charge in [0.15, 0.2) is 0 Å². The molecule has 0 saturated heterocycles. The van der Waals surface area contributed by atoms with Crippen molar-refractivity contribution in [1.82, 2.24) is 15.3 Å². The number of nitrogens with one attached hydrogen (secondary N) is 1. The SMILES string of the molecule is CCCNCC1CCC(C)CC1c1cncnc1. The van der Waals surface area contributed by atoms with Crippen molar-refractivity contribution in [3.63, 3.8) is 0 Å². The minimum atomic E-state index is 0.638. The third-order valence-electron chi connectivity index (χ3n) is 4.10. The molecule has 0 radical (unpaired) electrons. The van der Waals surface area contributed by atoms with Crippen molar-refractivity contribution < 1.29 is 0 Å². The number of nitrogens with zero attached hydrogens (tertiary/aromatic N) is 2. The lowest BCUT2D eigenvalue weighted by atomic mass is 9.72. The second kappa shape index (κ2) is 6.83. The molecular formula is C15H25N3. The van der Waals surface area contributed by atoms with E-state index in [9.17, 15) is 0 Å². The highest BCUT2D eigenvalue weighted by Crippen LogP contribution is 2.39. The topological polar surface area (TPSA) is 37.8 Å². The van der Waals surface area contributed by atoms with E-state index in [1.54, 1.807) is 6.33 Å². The summed E-state index contributed by atoms with van der Waals surface area (Å²) in [4.78, 5) is 8.37. The average molecular weight is 247 g/mol. The van der Waals surface area contributed by atoms with Gasteiger partial charge >= 0.3 is 0 Å². The first-order valence-corrected chi connectivity index (χ1v) is 7.26. The van der Waals surface area contributed by atoms with Gasteiger partial charge in [0, 0.05) is 12.4 Å². The monoisotopic (exact) mass is 247 g/mol. The Morgan fingerprint density at radius 3 is 2.78 bits per heavy atom. The first kappa shape index (κ1) is 13.5. The van der Waals surface area contributed by atoms with Crippen molar-refractivity contribution in [3.05, 3.63) is 24.3 Å². The lowest BCUT2D eigenvalue weighted by Crippen LogP contribution is -2.32. The summed E-state index contributed by atoms with van der Waals surface area (Å²) in [6.45, 7) is 6.86. The van der Waals surface area contributed by atoms with Crippen molar-refractivity contribution in [2.24, 2.45) is 11.8 Å². The van der Waals surface area contributed by atoms with Crippen LogP contribution in [0.5, 0.6) is 0 Å². The number of aromatic nitrogens is 2. The molecule has 1 aromatic heterocycles. The smallest absolute Gasteiger partial charge is 0.115 e. The molecule has 3 atom stereocenters. The minimum Gasteiger partial charge on any atom is -0.316 e. The predicted molar refractivity (Wildman–Crippen MR) is 74.4 cm³/mol. The van der Waals surface area contributed by atoms with E-state index in [0.29, 0.717) is 5.92 Å². The number of hydrogen-bond donors (Lipinski definition) is 1. The van der Waals surface area contributed by atoms with Crippen molar-refractivity contribution in [2.45, 2.75) is 45.4 Å². The zero-order valence-corrected chi connectivity index (χ0v) is 11.6. The van der Waals surface area contributed by atoms with Crippen LogP contribution >= 0.6 is 0 Å². The highest BCUT2D eigenvalue weighted by molar-refractivity contribution is 5.13. The molecule has 1 N–H and O–H groups in total. The zero-order valence-electron chi connectivity index (χ0n) is 11.6. The van der Waals surface area contributed by atoms with Gasteiger partial charge in [0.2, 0.25) is 0 Å². The Kier molecular flexibility index (Phi) is 5.12. The molecular weight excluding hydrogens is 222 g/mol. The second-order valence-electron chi connectivity index (χ2n) is 5.66. The lowest BCUT2D eigenvalue weighted by Gasteiger charge is -2.35. The first-order chi connectivity index (χ1) is 8.81. The molecule has 1 aromatic rings. The Bertz CT molecular complexity index is 339. The quantitative estimate of drug-likeness (QED) is 0.813. The van der Waals surface area contributed by atoms with E-state index in [2.05, 4.69) is 29.1 Å². The van der Waals surface area contributed by atoms with Crippen molar-refractivity contribution in [1.29, 1.82) is 0 Å². The first-order valence-electron chi connectivity index (χ1n) is 7.26. The fraction of sp³-hybridized carbons (Fsp3) is 0.733. The summed E-state index contributed by atoms with van der Waals surface area (Å²) in [5.74, 6) is 2.22. The van der Waals surface area contributed by atoms with Crippen LogP contribution in [-0.4, -0.2) is 23.1 Å². The minimum absolute atomic E-state index is 0.638. The third kappa shape index (κ3) is 3.52. The van der Waals surface area contributed by atoms with Crippen molar-refractivity contribution in [2.75, 3.05) is 13.1 Å². The Morgan fingerprint density at radius 2 is 2.06 bits per heavy atom. The van der Waals surface area contributed by atoms with Gasteiger partial charge in [0.25, 0.3) is 0 Å². The largest absolute Gasteiger partial charge is 0.316 e. The highest BCUT2D eigenvalue weighted by atomic mass is 14.9. The Morgan fingerprint density at radius 1 is 1.28 bits per heavy atom. The van der Waals surface area contributed by atoms with E-state index < -0.39 is 0 Å². The van der Waals surface area contributed by atoms with E-state index in [0.717, 1.165) is 24.9 Å². The van der Waals surface area contributed by atoms with E-state index in [1.807, 2.05) is 12.4 Å². The van der Waals surface area contributed by atoms with E-state index >= 15 is 0 Å². The van der Waals surface area contributed by atoms with Gasteiger partial charge in [-0.2, -0.15) is 0 Å². The molecule has 3 unspecified atom stereocenters. The van der Waals surface area contributed by atoms with Gasteiger partial charge in [0.1, 0.15) is 6.33 Å². The van der Waals surface area contributed by atoms with Crippen molar-refractivity contribution in [3.8, 4) is 0 Å². The molecule has 0 spiro atoms. The summed E-state index contributed by atoms with van der Waals surface area (Å²) in [5.41, 5.74) is 1.33. The number of hydrogen-bond acceptors (Lipinski definition) is 3. The summed E-state index contributed by atoms with van der Waals surface area (Å²) in [7, 11) is 0. The Hall–Kier alpha value is -0.960. The highest BCUT2D eigenvalue weighted by Gasteiger charge is 2.29. The molecule has 1 saturated carbocycles. The van der Waals surface area contributed by atoms with Gasteiger partial charge in [0.05, 0.1) is 0 Å². The van der Waals surface area contributed by atoms with Crippen LogP contribution in [-0.2, 0) is 0 Å². The van der Waals surface area contributed by atoms with Crippen LogP contribution in [0.4, 0.5) is 0 Å². The normalized spacial score (nSPS) is 28.2. The van der Waals surface area contributed by atoms with Gasteiger partial charge in [-0.3, -0.25) is 0 Å². The summed E-state index contributed by atoms with van der Waals surface area (Å²) >= 11 is 0. The third-order valence-corrected chi connectivity index (χ3v) is 4.10. The van der Waals surface area contributed by atoms with Crippen LogP contribution in [0.25, 0.3) is 0 Å². The fourth-order valence-corrected chi connectivity index (χ4v) is 3.06. The summed E-state index contributed by atoms with van der Waals surface area (Å²) in [6.07, 6.45) is 10.8. The summed E-state index contributed by atoms with van der Waals surface area (Å²) in [5, 5.41) is 3.58. The average Bonchev–Trinajstić information content (AvgIpc) is 2.41. The molecule has 3 heteroatoms. The van der Waals surface area contributed by atoms with E-state index in [1.165, 1.54) is 31.2 Å². The van der Waals surface area contributed by atoms with Gasteiger partial charge in [-0.25, -0.2) is 9.97 Å². The standard InChI is InChI=1S/C15H25N3/c1-3-6-16-8-13-5-4-12(2)7-15(13)14-9-17-11-18-10-14/h9-13,15-16H,3-8H2,1-2H3. The summed E-state index contributed by atoms with van der Waals surface area (Å²) in [6, 6.07) is 0. The van der Waals surface area contributed by atoms with Crippen LogP contribution in [0.3, 0.4) is 0 Å². The van der Waals surface area contributed by atoms with E-state index in [-0.39, 0.29) is 0 Å². The molecule has 100 valence electrons. The van der Waals surface area contributed by atoms with Crippen LogP contribution in [0.1, 0.15) is 51.0 Å². The molecule has 1 fully saturated rings. The second-order valence-corrected chi connectivity index (χ2v) is 5.66. The molecule has 2 rings (SSSR count). The fourth-order valence-electron chi connectivity index (χ4n) is 3.06. The summed E-state index contributed by atoms with van der Waals surface area (Å²) < 4.78 is 0. The maximum absolute atomic E-state index is 4.18. The van der Waals surface area contributed by atoms with Gasteiger partial charge < -0.3 is 5.32 Å².